The van der Waals surface area contributed by atoms with Crippen molar-refractivity contribution in [3.8, 4) is 0 Å². The van der Waals surface area contributed by atoms with Crippen molar-refractivity contribution in [3.05, 3.63) is 74.1 Å². The van der Waals surface area contributed by atoms with Gasteiger partial charge in [-0.15, -0.1) is 0 Å². The van der Waals surface area contributed by atoms with Crippen molar-refractivity contribution in [3.63, 3.8) is 0 Å². The Morgan fingerprint density at radius 1 is 1.11 bits per heavy atom. The van der Waals surface area contributed by atoms with Gasteiger partial charge in [-0.2, -0.15) is 0 Å². The largest absolute Gasteiger partial charge is 0.314 e. The third-order valence-electron chi connectivity index (χ3n) is 7.88. The fourth-order valence-electron chi connectivity index (χ4n) is 5.17. The van der Waals surface area contributed by atoms with E-state index in [-0.39, 0.29) is 6.04 Å². The van der Waals surface area contributed by atoms with E-state index in [1.54, 1.807) is 0 Å². The van der Waals surface area contributed by atoms with Crippen LogP contribution in [-0.2, 0) is 17.6 Å². The first-order valence-corrected chi connectivity index (χ1v) is 18.7. The number of aromatic nitrogens is 1. The van der Waals surface area contributed by atoms with E-state index in [9.17, 15) is 0 Å². The number of aldehydes is 1. The molecular formula is C39H62BrClN4O. The molecule has 2 heterocycles. The van der Waals surface area contributed by atoms with Gasteiger partial charge in [-0.05, 0) is 108 Å². The van der Waals surface area contributed by atoms with E-state index >= 15 is 0 Å². The Morgan fingerprint density at radius 2 is 1.74 bits per heavy atom. The van der Waals surface area contributed by atoms with Crippen LogP contribution in [0.5, 0.6) is 0 Å². The number of pyridine rings is 1. The number of hydrogen-bond acceptors (Lipinski definition) is 5. The Labute approximate surface area is 295 Å². The molecule has 1 aromatic heterocycles. The second kappa shape index (κ2) is 24.3. The zero-order valence-corrected chi connectivity index (χ0v) is 32.6. The van der Waals surface area contributed by atoms with Crippen LogP contribution in [0.3, 0.4) is 0 Å². The first-order valence-electron chi connectivity index (χ1n) is 17.6. The molecule has 0 spiro atoms. The second-order valence-corrected chi connectivity index (χ2v) is 14.1. The van der Waals surface area contributed by atoms with E-state index in [0.717, 1.165) is 66.6 Å². The normalized spacial score (nSPS) is 17.5. The van der Waals surface area contributed by atoms with Gasteiger partial charge >= 0.3 is 0 Å². The van der Waals surface area contributed by atoms with Crippen LogP contribution in [0.1, 0.15) is 123 Å². The van der Waals surface area contributed by atoms with Crippen molar-refractivity contribution in [1.82, 2.24) is 15.2 Å². The Kier molecular flexibility index (Phi) is 22.3. The average molecular weight is 718 g/mol. The van der Waals surface area contributed by atoms with Gasteiger partial charge in [-0.3, -0.25) is 14.9 Å². The summed E-state index contributed by atoms with van der Waals surface area (Å²) in [5.41, 5.74) is 6.65. The van der Waals surface area contributed by atoms with Crippen LogP contribution in [0, 0.1) is 17.8 Å². The number of benzene rings is 1. The molecule has 0 bridgehead atoms. The van der Waals surface area contributed by atoms with Crippen LogP contribution >= 0.6 is 27.5 Å². The number of piperazine rings is 1. The molecule has 1 aromatic carbocycles. The summed E-state index contributed by atoms with van der Waals surface area (Å²) in [7, 11) is 0. The molecule has 2 fully saturated rings. The molecule has 5 nitrogen and oxygen atoms in total. The average Bonchev–Trinajstić information content (AvgIpc) is 3.89. The lowest BCUT2D eigenvalue weighted by Gasteiger charge is -2.35. The van der Waals surface area contributed by atoms with E-state index in [1.165, 1.54) is 67.0 Å². The van der Waals surface area contributed by atoms with Crippen LogP contribution in [0.2, 0.25) is 5.02 Å². The quantitative estimate of drug-likeness (QED) is 0.229. The number of nitrogens with one attached hydrogen (secondary N) is 1. The molecule has 1 unspecified atom stereocenters. The van der Waals surface area contributed by atoms with Crippen molar-refractivity contribution < 1.29 is 4.79 Å². The Morgan fingerprint density at radius 3 is 2.28 bits per heavy atom. The number of halogens is 2. The first-order chi connectivity index (χ1) is 22.1. The maximum absolute atomic E-state index is 8.81. The van der Waals surface area contributed by atoms with Crippen LogP contribution in [0.15, 0.2) is 51.7 Å². The summed E-state index contributed by atoms with van der Waals surface area (Å²) >= 11 is 9.82. The van der Waals surface area contributed by atoms with Gasteiger partial charge in [0.1, 0.15) is 6.29 Å². The topological polar surface area (TPSA) is 57.6 Å². The molecule has 258 valence electrons. The highest BCUT2D eigenvalue weighted by molar-refractivity contribution is 9.10. The third-order valence-corrected chi connectivity index (χ3v) is 8.55. The summed E-state index contributed by atoms with van der Waals surface area (Å²) in [5, 5.41) is 4.27. The number of fused-ring (bicyclic) bond motifs is 2. The standard InChI is InChI=1S/C18H19BrClN3.C12H23N.C5H10.C2H4O.C2H6/c19-14-9-13-2-1-12-10-15(20)3-4-16(12)18(17(13)22-11-14)23-7-5-21-6-8-23;1-10(2)6-7-12(5)9-13-8-11(3)4;1-2-5-3-4-5;1-2-3;1-2/h3-4,9-11,18,21H,1-2,5-8H2;8-11H,6-7H2,1-5H3;5H,2-4H2,1H3;2H,1H3;1-2H3/b;12-9+,13-8?;;;. The Hall–Kier alpha value is -1.86. The van der Waals surface area contributed by atoms with Gasteiger partial charge in [0, 0.05) is 54.3 Å². The smallest absolute Gasteiger partial charge is 0.116 e. The second-order valence-electron chi connectivity index (χ2n) is 12.8. The van der Waals surface area contributed by atoms with Crippen LogP contribution in [-0.4, -0.2) is 48.6 Å². The van der Waals surface area contributed by atoms with Gasteiger partial charge in [0.15, 0.2) is 0 Å². The number of aryl methyl sites for hydroxylation is 2. The van der Waals surface area contributed by atoms with Crippen molar-refractivity contribution >= 4 is 40.0 Å². The maximum atomic E-state index is 8.81. The molecule has 1 atom stereocenters. The molecule has 1 saturated carbocycles. The Balaban J connectivity index is 0.000000388. The number of carbonyl (C=O) groups is 1. The maximum Gasteiger partial charge on any atom is 0.116 e. The fraction of sp³-hybridized carbons (Fsp3) is 0.615. The highest BCUT2D eigenvalue weighted by atomic mass is 79.9. The lowest BCUT2D eigenvalue weighted by atomic mass is 9.96. The van der Waals surface area contributed by atoms with Gasteiger partial charge < -0.3 is 10.1 Å². The van der Waals surface area contributed by atoms with Gasteiger partial charge in [-0.1, -0.05) is 91.0 Å². The summed E-state index contributed by atoms with van der Waals surface area (Å²) in [4.78, 5) is 20.4. The number of aliphatic imine (C=N–C) groups is 1. The van der Waals surface area contributed by atoms with Gasteiger partial charge in [0.05, 0.1) is 11.7 Å². The molecule has 1 aliphatic heterocycles. The summed E-state index contributed by atoms with van der Waals surface area (Å²) < 4.78 is 1.05. The molecule has 1 saturated heterocycles. The van der Waals surface area contributed by atoms with E-state index in [2.05, 4.69) is 90.9 Å². The van der Waals surface area contributed by atoms with E-state index in [0.29, 0.717) is 5.92 Å². The summed E-state index contributed by atoms with van der Waals surface area (Å²) in [5.74, 6) is 2.47. The van der Waals surface area contributed by atoms with Crippen molar-refractivity contribution in [2.45, 2.75) is 113 Å². The van der Waals surface area contributed by atoms with Crippen LogP contribution < -0.4 is 5.32 Å². The predicted molar refractivity (Wildman–Crippen MR) is 204 cm³/mol. The zero-order valence-electron chi connectivity index (χ0n) is 30.2. The van der Waals surface area contributed by atoms with Gasteiger partial charge in [-0.25, -0.2) is 0 Å². The molecule has 3 aliphatic rings. The minimum absolute atomic E-state index is 0.231. The van der Waals surface area contributed by atoms with Gasteiger partial charge in [0.25, 0.3) is 0 Å². The monoisotopic (exact) mass is 716 g/mol. The van der Waals surface area contributed by atoms with Crippen LogP contribution in [0.25, 0.3) is 0 Å². The molecule has 1 N–H and O–H groups in total. The first kappa shape index (κ1) is 42.2. The van der Waals surface area contributed by atoms with E-state index in [4.69, 9.17) is 21.4 Å². The minimum Gasteiger partial charge on any atom is -0.314 e. The molecule has 0 amide bonds. The summed E-state index contributed by atoms with van der Waals surface area (Å²) in [6.45, 7) is 22.8. The molecule has 2 aromatic rings. The third kappa shape index (κ3) is 16.8. The molecular weight excluding hydrogens is 656 g/mol. The number of carbonyl (C=O) groups excluding carboxylic acids is 1. The molecule has 7 heteroatoms. The van der Waals surface area contributed by atoms with E-state index in [1.807, 2.05) is 38.5 Å². The lowest BCUT2D eigenvalue weighted by molar-refractivity contribution is -0.106. The van der Waals surface area contributed by atoms with Crippen molar-refractivity contribution in [1.29, 1.82) is 0 Å². The lowest BCUT2D eigenvalue weighted by Crippen LogP contribution is -2.45. The van der Waals surface area contributed by atoms with Crippen molar-refractivity contribution in [2.24, 2.45) is 22.7 Å². The molecule has 5 rings (SSSR count). The van der Waals surface area contributed by atoms with E-state index < -0.39 is 0 Å². The Bertz CT molecular complexity index is 1130. The fourth-order valence-corrected chi connectivity index (χ4v) is 5.75. The predicted octanol–water partition coefficient (Wildman–Crippen LogP) is 10.7. The highest BCUT2D eigenvalue weighted by Crippen LogP contribution is 2.37. The zero-order chi connectivity index (χ0) is 34.5. The highest BCUT2D eigenvalue weighted by Gasteiger charge is 2.31. The van der Waals surface area contributed by atoms with Crippen molar-refractivity contribution in [2.75, 3.05) is 26.2 Å². The number of hydrogen-bond donors (Lipinski definition) is 1. The van der Waals surface area contributed by atoms with Crippen LogP contribution in [0.4, 0.5) is 0 Å². The summed E-state index contributed by atoms with van der Waals surface area (Å²) in [6.07, 6.45) is 15.6. The summed E-state index contributed by atoms with van der Waals surface area (Å²) in [6, 6.07) is 8.80. The number of nitrogens with zero attached hydrogens (tertiary/aromatic N) is 3. The molecule has 46 heavy (non-hydrogen) atoms. The number of rotatable bonds is 7. The molecule has 2 aliphatic carbocycles. The SMILES string of the molecule is C/C(=C\N=CC(C)C)CCC(C)C.CC.CC=O.CCC1CC1.Clc1ccc2c(c1)CCc1cc(Br)cnc1C2N1CCNCC1. The minimum atomic E-state index is 0.231. The molecule has 0 radical (unpaired) electrons. The number of allylic oxidation sites excluding steroid dienone is 1. The van der Waals surface area contributed by atoms with Gasteiger partial charge in [0.2, 0.25) is 0 Å².